The molecule has 18 heavy (non-hydrogen) atoms. The summed E-state index contributed by atoms with van der Waals surface area (Å²) in [5.74, 6) is 0.00397. The summed E-state index contributed by atoms with van der Waals surface area (Å²) in [5.41, 5.74) is -0.362. The maximum Gasteiger partial charge on any atom is 0.410 e. The standard InChI is InChI=1S/C12H19ClN2O3/c1-11(2,3)18-10(17)15-7-12(8-15)5-14(6-12)9(16)4-13/h4-8H2,1-3H3. The molecule has 0 aromatic rings. The van der Waals surface area contributed by atoms with Crippen LogP contribution in [-0.4, -0.2) is 59.5 Å². The van der Waals surface area contributed by atoms with Gasteiger partial charge in [-0.15, -0.1) is 11.6 Å². The van der Waals surface area contributed by atoms with Crippen molar-refractivity contribution in [2.24, 2.45) is 5.41 Å². The summed E-state index contributed by atoms with van der Waals surface area (Å²) in [6.45, 7) is 8.32. The summed E-state index contributed by atoms with van der Waals surface area (Å²) in [6.07, 6.45) is -0.268. The van der Waals surface area contributed by atoms with Gasteiger partial charge in [0, 0.05) is 31.6 Å². The molecule has 0 saturated carbocycles. The van der Waals surface area contributed by atoms with Crippen molar-refractivity contribution in [3.8, 4) is 0 Å². The fourth-order valence-electron chi connectivity index (χ4n) is 2.44. The predicted octanol–water partition coefficient (Wildman–Crippen LogP) is 1.30. The Balaban J connectivity index is 1.75. The molecule has 0 aliphatic carbocycles. The van der Waals surface area contributed by atoms with Crippen LogP contribution in [0.5, 0.6) is 0 Å². The predicted molar refractivity (Wildman–Crippen MR) is 67.5 cm³/mol. The van der Waals surface area contributed by atoms with E-state index in [0.29, 0.717) is 26.2 Å². The zero-order valence-electron chi connectivity index (χ0n) is 11.0. The van der Waals surface area contributed by atoms with E-state index < -0.39 is 5.60 Å². The molecule has 0 unspecified atom stereocenters. The van der Waals surface area contributed by atoms with Crippen LogP contribution in [0.4, 0.5) is 4.79 Å². The number of halogens is 1. The lowest BCUT2D eigenvalue weighted by Gasteiger charge is -2.59. The topological polar surface area (TPSA) is 49.9 Å². The summed E-state index contributed by atoms with van der Waals surface area (Å²) in [4.78, 5) is 26.5. The fourth-order valence-corrected chi connectivity index (χ4v) is 2.61. The van der Waals surface area contributed by atoms with Gasteiger partial charge in [-0.05, 0) is 20.8 Å². The summed E-state index contributed by atoms with van der Waals surface area (Å²) in [6, 6.07) is 0. The molecule has 2 fully saturated rings. The lowest BCUT2D eigenvalue weighted by molar-refractivity contribution is -0.154. The number of rotatable bonds is 1. The first-order chi connectivity index (χ1) is 8.25. The molecule has 2 aliphatic rings. The quantitative estimate of drug-likeness (QED) is 0.678. The normalized spacial score (nSPS) is 21.3. The highest BCUT2D eigenvalue weighted by molar-refractivity contribution is 6.27. The van der Waals surface area contributed by atoms with Crippen molar-refractivity contribution in [1.29, 1.82) is 0 Å². The Morgan fingerprint density at radius 1 is 1.17 bits per heavy atom. The SMILES string of the molecule is CC(C)(C)OC(=O)N1CC2(CN(C(=O)CCl)C2)C1. The van der Waals surface area contributed by atoms with Crippen molar-refractivity contribution in [3.05, 3.63) is 0 Å². The molecule has 0 aromatic carbocycles. The van der Waals surface area contributed by atoms with Crippen LogP contribution < -0.4 is 0 Å². The molecule has 0 radical (unpaired) electrons. The molecule has 6 heteroatoms. The molecule has 2 heterocycles. The van der Waals surface area contributed by atoms with E-state index in [1.807, 2.05) is 20.8 Å². The lowest BCUT2D eigenvalue weighted by Crippen LogP contribution is -2.74. The summed E-state index contributed by atoms with van der Waals surface area (Å²) < 4.78 is 5.28. The highest BCUT2D eigenvalue weighted by atomic mass is 35.5. The molecule has 2 saturated heterocycles. The van der Waals surface area contributed by atoms with E-state index in [-0.39, 0.29) is 23.3 Å². The van der Waals surface area contributed by atoms with Crippen molar-refractivity contribution in [3.63, 3.8) is 0 Å². The molecule has 1 spiro atoms. The van der Waals surface area contributed by atoms with Crippen molar-refractivity contribution in [1.82, 2.24) is 9.80 Å². The first kappa shape index (κ1) is 13.5. The van der Waals surface area contributed by atoms with Crippen LogP contribution in [-0.2, 0) is 9.53 Å². The van der Waals surface area contributed by atoms with Crippen molar-refractivity contribution in [2.75, 3.05) is 32.1 Å². The van der Waals surface area contributed by atoms with Gasteiger partial charge in [0.25, 0.3) is 0 Å². The van der Waals surface area contributed by atoms with E-state index in [9.17, 15) is 9.59 Å². The van der Waals surface area contributed by atoms with Gasteiger partial charge < -0.3 is 14.5 Å². The van der Waals surface area contributed by atoms with E-state index in [0.717, 1.165) is 0 Å². The fraction of sp³-hybridized carbons (Fsp3) is 0.833. The highest BCUT2D eigenvalue weighted by Crippen LogP contribution is 2.40. The van der Waals surface area contributed by atoms with Crippen LogP contribution >= 0.6 is 11.6 Å². The first-order valence-corrected chi connectivity index (χ1v) is 6.60. The molecule has 2 aliphatic heterocycles. The van der Waals surface area contributed by atoms with E-state index in [1.165, 1.54) is 0 Å². The minimum atomic E-state index is -0.458. The summed E-state index contributed by atoms with van der Waals surface area (Å²) >= 11 is 5.49. The number of amides is 2. The third kappa shape index (κ3) is 2.55. The molecule has 2 amide bonds. The summed E-state index contributed by atoms with van der Waals surface area (Å²) in [7, 11) is 0. The van der Waals surface area contributed by atoms with Crippen molar-refractivity contribution in [2.45, 2.75) is 26.4 Å². The Bertz CT molecular complexity index is 364. The van der Waals surface area contributed by atoms with Crippen LogP contribution in [0.25, 0.3) is 0 Å². The van der Waals surface area contributed by atoms with Crippen LogP contribution in [0.3, 0.4) is 0 Å². The Hall–Kier alpha value is -0.970. The molecule has 0 atom stereocenters. The van der Waals surface area contributed by atoms with Gasteiger partial charge in [0.05, 0.1) is 0 Å². The molecule has 0 N–H and O–H groups in total. The molecule has 0 bridgehead atoms. The van der Waals surface area contributed by atoms with E-state index in [4.69, 9.17) is 16.3 Å². The average Bonchev–Trinajstić information content (AvgIpc) is 2.09. The number of carbonyl (C=O) groups excluding carboxylic acids is 2. The maximum atomic E-state index is 11.7. The first-order valence-electron chi connectivity index (χ1n) is 6.06. The number of ether oxygens (including phenoxy) is 1. The number of hydrogen-bond donors (Lipinski definition) is 0. The Morgan fingerprint density at radius 2 is 1.67 bits per heavy atom. The van der Waals surface area contributed by atoms with Crippen molar-refractivity contribution >= 4 is 23.6 Å². The largest absolute Gasteiger partial charge is 0.444 e. The Labute approximate surface area is 112 Å². The van der Waals surface area contributed by atoms with Crippen LogP contribution in [0.15, 0.2) is 0 Å². The monoisotopic (exact) mass is 274 g/mol. The number of alkyl halides is 1. The van der Waals surface area contributed by atoms with Crippen LogP contribution in [0.2, 0.25) is 0 Å². The molecular formula is C12H19ClN2O3. The number of carbonyl (C=O) groups is 2. The number of hydrogen-bond acceptors (Lipinski definition) is 3. The highest BCUT2D eigenvalue weighted by Gasteiger charge is 2.54. The van der Waals surface area contributed by atoms with Crippen molar-refractivity contribution < 1.29 is 14.3 Å². The minimum absolute atomic E-state index is 0.0296. The maximum absolute atomic E-state index is 11.7. The minimum Gasteiger partial charge on any atom is -0.444 e. The molecule has 102 valence electrons. The zero-order chi connectivity index (χ0) is 13.6. The number of likely N-dealkylation sites (tertiary alicyclic amines) is 2. The second-order valence-corrected chi connectivity index (χ2v) is 6.49. The average molecular weight is 275 g/mol. The van der Waals surface area contributed by atoms with Gasteiger partial charge in [-0.2, -0.15) is 0 Å². The molecule has 5 nitrogen and oxygen atoms in total. The zero-order valence-corrected chi connectivity index (χ0v) is 11.8. The smallest absolute Gasteiger partial charge is 0.410 e. The van der Waals surface area contributed by atoms with Gasteiger partial charge in [0.1, 0.15) is 11.5 Å². The molecular weight excluding hydrogens is 256 g/mol. The lowest BCUT2D eigenvalue weighted by atomic mass is 9.73. The van der Waals surface area contributed by atoms with E-state index in [2.05, 4.69) is 0 Å². The second kappa shape index (κ2) is 4.30. The van der Waals surface area contributed by atoms with Crippen LogP contribution in [0, 0.1) is 5.41 Å². The Morgan fingerprint density at radius 3 is 2.11 bits per heavy atom. The van der Waals surface area contributed by atoms with Gasteiger partial charge in [-0.1, -0.05) is 0 Å². The Kier molecular flexibility index (Phi) is 3.21. The molecule has 0 aromatic heterocycles. The number of nitrogens with zero attached hydrogens (tertiary/aromatic N) is 2. The van der Waals surface area contributed by atoms with Gasteiger partial charge in [-0.3, -0.25) is 4.79 Å². The van der Waals surface area contributed by atoms with Crippen LogP contribution in [0.1, 0.15) is 20.8 Å². The van der Waals surface area contributed by atoms with Gasteiger partial charge >= 0.3 is 6.09 Å². The second-order valence-electron chi connectivity index (χ2n) is 6.22. The van der Waals surface area contributed by atoms with E-state index >= 15 is 0 Å². The summed E-state index contributed by atoms with van der Waals surface area (Å²) in [5, 5.41) is 0. The molecule has 2 rings (SSSR count). The van der Waals surface area contributed by atoms with Gasteiger partial charge in [0.2, 0.25) is 5.91 Å². The van der Waals surface area contributed by atoms with Gasteiger partial charge in [0.15, 0.2) is 0 Å². The van der Waals surface area contributed by atoms with Gasteiger partial charge in [-0.25, -0.2) is 4.79 Å². The third-order valence-corrected chi connectivity index (χ3v) is 3.45. The third-order valence-electron chi connectivity index (χ3n) is 3.22. The van der Waals surface area contributed by atoms with E-state index in [1.54, 1.807) is 9.80 Å².